The zero-order valence-electron chi connectivity index (χ0n) is 14.0. The second-order valence-corrected chi connectivity index (χ2v) is 7.32. The molecule has 23 heavy (non-hydrogen) atoms. The molecule has 0 radical (unpaired) electrons. The molecule has 0 bridgehead atoms. The molecular weight excluding hydrogens is 288 g/mol. The summed E-state index contributed by atoms with van der Waals surface area (Å²) in [5, 5.41) is 5.91. The second-order valence-electron chi connectivity index (χ2n) is 7.32. The average Bonchev–Trinajstić information content (AvgIpc) is 3.26. The summed E-state index contributed by atoms with van der Waals surface area (Å²) in [5.41, 5.74) is 2.52. The van der Waals surface area contributed by atoms with Crippen molar-refractivity contribution in [3.05, 3.63) is 35.4 Å². The lowest BCUT2D eigenvalue weighted by Gasteiger charge is -2.21. The predicted molar refractivity (Wildman–Crippen MR) is 89.8 cm³/mol. The Hall–Kier alpha value is -1.84. The van der Waals surface area contributed by atoms with Crippen LogP contribution in [0.15, 0.2) is 24.3 Å². The van der Waals surface area contributed by atoms with Crippen LogP contribution in [-0.4, -0.2) is 17.9 Å². The van der Waals surface area contributed by atoms with Crippen LogP contribution < -0.4 is 10.6 Å². The van der Waals surface area contributed by atoms with Gasteiger partial charge in [0.1, 0.15) is 6.04 Å². The van der Waals surface area contributed by atoms with Crippen molar-refractivity contribution < 1.29 is 9.59 Å². The highest BCUT2D eigenvalue weighted by molar-refractivity contribution is 5.91. The largest absolute Gasteiger partial charge is 0.347 e. The van der Waals surface area contributed by atoms with Gasteiger partial charge >= 0.3 is 0 Å². The number of rotatable bonds is 6. The fourth-order valence-electron chi connectivity index (χ4n) is 3.30. The molecule has 1 saturated heterocycles. The smallest absolute Gasteiger partial charge is 0.243 e. The van der Waals surface area contributed by atoms with E-state index < -0.39 is 0 Å². The van der Waals surface area contributed by atoms with Crippen LogP contribution in [0.1, 0.15) is 56.7 Å². The molecule has 1 aromatic carbocycles. The summed E-state index contributed by atoms with van der Waals surface area (Å²) in [5.74, 6) is 1.11. The summed E-state index contributed by atoms with van der Waals surface area (Å²) in [7, 11) is 0. The van der Waals surface area contributed by atoms with Crippen LogP contribution >= 0.6 is 0 Å². The molecule has 1 aliphatic heterocycles. The maximum atomic E-state index is 12.4. The molecule has 3 rings (SSSR count). The minimum Gasteiger partial charge on any atom is -0.347 e. The Morgan fingerprint density at radius 3 is 2.43 bits per heavy atom. The summed E-state index contributed by atoms with van der Waals surface area (Å²) >= 11 is 0. The Labute approximate surface area is 138 Å². The number of carbonyl (C=O) groups is 2. The molecule has 1 saturated carbocycles. The van der Waals surface area contributed by atoms with Gasteiger partial charge in [-0.1, -0.05) is 38.1 Å². The lowest BCUT2D eigenvalue weighted by molar-refractivity contribution is -0.126. The molecule has 2 atom stereocenters. The quantitative estimate of drug-likeness (QED) is 0.848. The topological polar surface area (TPSA) is 58.2 Å². The Morgan fingerprint density at radius 1 is 1.22 bits per heavy atom. The molecule has 2 amide bonds. The first kappa shape index (κ1) is 16.0. The predicted octanol–water partition coefficient (Wildman–Crippen LogP) is 2.73. The molecule has 2 fully saturated rings. The van der Waals surface area contributed by atoms with Crippen LogP contribution in [0.3, 0.4) is 0 Å². The fourth-order valence-corrected chi connectivity index (χ4v) is 3.30. The molecule has 4 heteroatoms. The molecule has 2 aliphatic rings. The highest BCUT2D eigenvalue weighted by atomic mass is 16.2. The van der Waals surface area contributed by atoms with Gasteiger partial charge in [0, 0.05) is 6.42 Å². The summed E-state index contributed by atoms with van der Waals surface area (Å²) in [4.78, 5) is 23.7. The van der Waals surface area contributed by atoms with Crippen LogP contribution in [-0.2, 0) is 16.0 Å². The lowest BCUT2D eigenvalue weighted by atomic mass is 9.97. The third-order valence-corrected chi connectivity index (χ3v) is 4.69. The van der Waals surface area contributed by atoms with Gasteiger partial charge in [0.2, 0.25) is 11.8 Å². The van der Waals surface area contributed by atoms with Gasteiger partial charge in [0.15, 0.2) is 0 Å². The average molecular weight is 314 g/mol. The first-order valence-electron chi connectivity index (χ1n) is 8.71. The maximum absolute atomic E-state index is 12.4. The molecular formula is C19H26N2O2. The normalized spacial score (nSPS) is 22.0. The van der Waals surface area contributed by atoms with Gasteiger partial charge in [-0.25, -0.2) is 0 Å². The zero-order valence-corrected chi connectivity index (χ0v) is 14.0. The Balaban J connectivity index is 1.66. The van der Waals surface area contributed by atoms with Crippen LogP contribution in [0.25, 0.3) is 0 Å². The molecule has 1 aliphatic carbocycles. The summed E-state index contributed by atoms with van der Waals surface area (Å²) in [6.07, 6.45) is 4.46. The summed E-state index contributed by atoms with van der Waals surface area (Å²) in [6.45, 7) is 4.44. The molecule has 0 spiro atoms. The monoisotopic (exact) mass is 314 g/mol. The molecule has 124 valence electrons. The molecule has 0 aromatic heterocycles. The van der Waals surface area contributed by atoms with E-state index in [0.29, 0.717) is 24.7 Å². The fraction of sp³-hybridized carbons (Fsp3) is 0.579. The zero-order chi connectivity index (χ0) is 16.4. The van der Waals surface area contributed by atoms with Gasteiger partial charge in [-0.15, -0.1) is 0 Å². The van der Waals surface area contributed by atoms with E-state index >= 15 is 0 Å². The van der Waals surface area contributed by atoms with Crippen LogP contribution in [0, 0.1) is 11.8 Å². The number of hydrogen-bond acceptors (Lipinski definition) is 2. The van der Waals surface area contributed by atoms with Crippen molar-refractivity contribution in [1.29, 1.82) is 0 Å². The van der Waals surface area contributed by atoms with E-state index in [1.807, 2.05) is 0 Å². The molecule has 1 aromatic rings. The van der Waals surface area contributed by atoms with Crippen molar-refractivity contribution in [2.24, 2.45) is 11.8 Å². The molecule has 0 unspecified atom stereocenters. The first-order chi connectivity index (χ1) is 11.0. The minimum absolute atomic E-state index is 0.0221. The molecule has 1 heterocycles. The number of benzene rings is 1. The van der Waals surface area contributed by atoms with Gasteiger partial charge in [-0.2, -0.15) is 0 Å². The van der Waals surface area contributed by atoms with Gasteiger partial charge in [-0.05, 0) is 48.6 Å². The highest BCUT2D eigenvalue weighted by Gasteiger charge is 2.36. The van der Waals surface area contributed by atoms with Crippen molar-refractivity contribution in [3.8, 4) is 0 Å². The maximum Gasteiger partial charge on any atom is 0.243 e. The number of carbonyl (C=O) groups excluding carboxylic acids is 2. The number of amides is 2. The Morgan fingerprint density at radius 2 is 1.91 bits per heavy atom. The van der Waals surface area contributed by atoms with Crippen molar-refractivity contribution >= 4 is 11.8 Å². The summed E-state index contributed by atoms with van der Waals surface area (Å²) in [6, 6.07) is 8.36. The number of nitrogens with one attached hydrogen (secondary N) is 2. The van der Waals surface area contributed by atoms with Gasteiger partial charge < -0.3 is 10.6 Å². The number of hydrogen-bond donors (Lipinski definition) is 2. The van der Waals surface area contributed by atoms with Crippen LogP contribution in [0.2, 0.25) is 0 Å². The van der Waals surface area contributed by atoms with Gasteiger partial charge in [0.05, 0.1) is 6.04 Å². The Bertz CT molecular complexity index is 576. The van der Waals surface area contributed by atoms with Crippen molar-refractivity contribution in [2.45, 2.75) is 58.0 Å². The van der Waals surface area contributed by atoms with E-state index in [2.05, 4.69) is 48.7 Å². The third kappa shape index (κ3) is 4.12. The standard InChI is InChI=1S/C19H26N2O2/c1-12(2)11-13-3-5-14(6-4-13)18(15-7-8-15)21-19(23)16-9-10-17(22)20-16/h3-6,12,15-16,18H,7-11H2,1-2H3,(H,20,22)(H,21,23)/t16-,18-/m0/s1. The van der Waals surface area contributed by atoms with E-state index in [1.54, 1.807) is 0 Å². The van der Waals surface area contributed by atoms with E-state index in [-0.39, 0.29) is 23.9 Å². The van der Waals surface area contributed by atoms with E-state index in [9.17, 15) is 9.59 Å². The van der Waals surface area contributed by atoms with Crippen LogP contribution in [0.4, 0.5) is 0 Å². The SMILES string of the molecule is CC(C)Cc1ccc([C@H](NC(=O)[C@@H]2CCC(=O)N2)C2CC2)cc1. The van der Waals surface area contributed by atoms with Crippen molar-refractivity contribution in [1.82, 2.24) is 10.6 Å². The molecule has 2 N–H and O–H groups in total. The summed E-state index contributed by atoms with van der Waals surface area (Å²) < 4.78 is 0. The van der Waals surface area contributed by atoms with E-state index in [1.165, 1.54) is 11.1 Å². The van der Waals surface area contributed by atoms with E-state index in [4.69, 9.17) is 0 Å². The molecule has 4 nitrogen and oxygen atoms in total. The first-order valence-corrected chi connectivity index (χ1v) is 8.71. The van der Waals surface area contributed by atoms with Crippen molar-refractivity contribution in [2.75, 3.05) is 0 Å². The van der Waals surface area contributed by atoms with Crippen molar-refractivity contribution in [3.63, 3.8) is 0 Å². The Kier molecular flexibility index (Phi) is 4.69. The van der Waals surface area contributed by atoms with E-state index in [0.717, 1.165) is 19.3 Å². The third-order valence-electron chi connectivity index (χ3n) is 4.69. The lowest BCUT2D eigenvalue weighted by Crippen LogP contribution is -2.43. The minimum atomic E-state index is -0.357. The van der Waals surface area contributed by atoms with Crippen LogP contribution in [0.5, 0.6) is 0 Å². The second kappa shape index (κ2) is 6.73. The highest BCUT2D eigenvalue weighted by Crippen LogP contribution is 2.41. The van der Waals surface area contributed by atoms with Gasteiger partial charge in [0.25, 0.3) is 0 Å². The van der Waals surface area contributed by atoms with Gasteiger partial charge in [-0.3, -0.25) is 9.59 Å².